The lowest BCUT2D eigenvalue weighted by molar-refractivity contribution is -0.139. The topological polar surface area (TPSA) is 88.9 Å². The second kappa shape index (κ2) is 9.60. The number of amides is 1. The number of phenols is 1. The second-order valence-electron chi connectivity index (χ2n) is 11.1. The Morgan fingerprint density at radius 3 is 2.54 bits per heavy atom. The molecule has 3 aliphatic rings. The molecule has 0 saturated carbocycles. The van der Waals surface area contributed by atoms with Crippen molar-refractivity contribution in [3.63, 3.8) is 0 Å². The van der Waals surface area contributed by atoms with Gasteiger partial charge in [-0.3, -0.25) is 4.79 Å². The number of aromatic hydroxyl groups is 1. The molecule has 1 aromatic carbocycles. The van der Waals surface area contributed by atoms with E-state index in [0.29, 0.717) is 23.0 Å². The maximum absolute atomic E-state index is 14.7. The summed E-state index contributed by atoms with van der Waals surface area (Å²) in [5, 5.41) is 11.3. The fourth-order valence-electron chi connectivity index (χ4n) is 5.81. The minimum absolute atomic E-state index is 0.0162. The van der Waals surface area contributed by atoms with E-state index in [9.17, 15) is 14.3 Å². The van der Waals surface area contributed by atoms with Crippen molar-refractivity contribution in [2.45, 2.75) is 18.9 Å². The Morgan fingerprint density at radius 2 is 1.90 bits per heavy atom. The van der Waals surface area contributed by atoms with Gasteiger partial charge in [0, 0.05) is 50.7 Å². The number of pyridine rings is 1. The number of fused-ring (bicyclic) bond motifs is 1. The van der Waals surface area contributed by atoms with Gasteiger partial charge in [0.2, 0.25) is 11.9 Å². The highest BCUT2D eigenvalue weighted by Gasteiger charge is 2.46. The summed E-state index contributed by atoms with van der Waals surface area (Å²) in [6, 6.07) is 6.24. The predicted octanol–water partition coefficient (Wildman–Crippen LogP) is 3.55. The maximum Gasteiger partial charge on any atom is 0.245 e. The van der Waals surface area contributed by atoms with Crippen molar-refractivity contribution >= 4 is 40.3 Å². The van der Waals surface area contributed by atoms with E-state index >= 15 is 0 Å². The standard InChI is InChI=1S/C28H31ClFN7O2/c1-4-22(39)37-15-28(16-37)8-10-35(11-9-28)26-18-12-19(29)24(23-20(30)6-5-7-21(23)38)31-25(18)32-27(33-26)36-13-17(14-36)34(2)3/h4-7,12,17,38H,1,8-11,13-16H2,2-3H3. The van der Waals surface area contributed by atoms with Gasteiger partial charge in [0.15, 0.2) is 5.65 Å². The first kappa shape index (κ1) is 25.8. The van der Waals surface area contributed by atoms with Crippen molar-refractivity contribution in [1.82, 2.24) is 24.8 Å². The van der Waals surface area contributed by atoms with E-state index in [1.54, 1.807) is 6.07 Å². The van der Waals surface area contributed by atoms with E-state index in [0.717, 1.165) is 57.9 Å². The van der Waals surface area contributed by atoms with E-state index < -0.39 is 5.82 Å². The summed E-state index contributed by atoms with van der Waals surface area (Å²) in [6.45, 7) is 8.24. The van der Waals surface area contributed by atoms with Gasteiger partial charge < -0.3 is 24.7 Å². The molecule has 204 valence electrons. The molecule has 2 aromatic heterocycles. The second-order valence-corrected chi connectivity index (χ2v) is 11.5. The number of halogens is 2. The lowest BCUT2D eigenvalue weighted by Gasteiger charge is -2.54. The lowest BCUT2D eigenvalue weighted by Crippen LogP contribution is -2.61. The number of hydrogen-bond acceptors (Lipinski definition) is 8. The largest absolute Gasteiger partial charge is 0.507 e. The molecule has 3 aliphatic heterocycles. The zero-order valence-corrected chi connectivity index (χ0v) is 22.8. The molecule has 1 spiro atoms. The molecule has 0 aliphatic carbocycles. The van der Waals surface area contributed by atoms with Crippen molar-refractivity contribution in [2.75, 3.05) is 63.2 Å². The summed E-state index contributed by atoms with van der Waals surface area (Å²) in [4.78, 5) is 34.8. The van der Waals surface area contributed by atoms with Crippen LogP contribution in [0.3, 0.4) is 0 Å². The molecule has 39 heavy (non-hydrogen) atoms. The number of phenolic OH excluding ortho intramolecular Hbond substituents is 1. The SMILES string of the molecule is C=CC(=O)N1CC2(CCN(c3nc(N4CC(N(C)C)C4)nc4nc(-c5c(O)cccc5F)c(Cl)cc34)CC2)C1. The Hall–Kier alpha value is -3.50. The smallest absolute Gasteiger partial charge is 0.245 e. The van der Waals surface area contributed by atoms with Crippen LogP contribution in [0.15, 0.2) is 36.9 Å². The van der Waals surface area contributed by atoms with Crippen LogP contribution in [0.5, 0.6) is 5.75 Å². The fourth-order valence-corrected chi connectivity index (χ4v) is 6.06. The molecule has 0 unspecified atom stereocenters. The first-order valence-electron chi connectivity index (χ1n) is 13.1. The third kappa shape index (κ3) is 4.45. The van der Waals surface area contributed by atoms with Gasteiger partial charge >= 0.3 is 0 Å². The van der Waals surface area contributed by atoms with Crippen molar-refractivity contribution in [2.24, 2.45) is 5.41 Å². The van der Waals surface area contributed by atoms with Gasteiger partial charge in [0.25, 0.3) is 0 Å². The number of nitrogens with zero attached hydrogens (tertiary/aromatic N) is 7. The summed E-state index contributed by atoms with van der Waals surface area (Å²) in [7, 11) is 4.11. The molecule has 9 nitrogen and oxygen atoms in total. The highest BCUT2D eigenvalue weighted by atomic mass is 35.5. The van der Waals surface area contributed by atoms with Crippen LogP contribution in [0, 0.1) is 11.2 Å². The summed E-state index contributed by atoms with van der Waals surface area (Å²) in [5.74, 6) is 0.453. The van der Waals surface area contributed by atoms with Crippen LogP contribution in [0.2, 0.25) is 5.02 Å². The highest BCUT2D eigenvalue weighted by Crippen LogP contribution is 2.43. The minimum Gasteiger partial charge on any atom is -0.507 e. The minimum atomic E-state index is -0.611. The Labute approximate surface area is 231 Å². The Balaban J connectivity index is 1.36. The molecule has 1 amide bonds. The Morgan fingerprint density at radius 1 is 1.18 bits per heavy atom. The van der Waals surface area contributed by atoms with E-state index in [1.165, 1.54) is 24.3 Å². The monoisotopic (exact) mass is 551 g/mol. The normalized spacial score (nSPS) is 18.9. The molecule has 1 N–H and O–H groups in total. The summed E-state index contributed by atoms with van der Waals surface area (Å²) < 4.78 is 14.7. The van der Waals surface area contributed by atoms with Crippen LogP contribution < -0.4 is 9.80 Å². The van der Waals surface area contributed by atoms with Crippen molar-refractivity contribution in [3.8, 4) is 17.0 Å². The number of carbonyl (C=O) groups excluding carboxylic acids is 1. The van der Waals surface area contributed by atoms with Gasteiger partial charge in [0.1, 0.15) is 17.4 Å². The number of anilines is 2. The van der Waals surface area contributed by atoms with Crippen LogP contribution in [0.1, 0.15) is 12.8 Å². The molecule has 0 atom stereocenters. The summed E-state index contributed by atoms with van der Waals surface area (Å²) in [6.07, 6.45) is 3.24. The van der Waals surface area contributed by atoms with Gasteiger partial charge in [-0.05, 0) is 51.2 Å². The third-order valence-corrected chi connectivity index (χ3v) is 8.66. The fraction of sp³-hybridized carbons (Fsp3) is 0.429. The number of carbonyl (C=O) groups is 1. The third-order valence-electron chi connectivity index (χ3n) is 8.37. The molecular weight excluding hydrogens is 521 g/mol. The van der Waals surface area contributed by atoms with Gasteiger partial charge in [0.05, 0.1) is 21.7 Å². The van der Waals surface area contributed by atoms with Gasteiger partial charge in [-0.2, -0.15) is 9.97 Å². The molecule has 5 heterocycles. The average molecular weight is 552 g/mol. The molecule has 3 aromatic rings. The summed E-state index contributed by atoms with van der Waals surface area (Å²) >= 11 is 6.65. The van der Waals surface area contributed by atoms with Crippen LogP contribution in [-0.2, 0) is 4.79 Å². The van der Waals surface area contributed by atoms with Gasteiger partial charge in [-0.25, -0.2) is 9.37 Å². The van der Waals surface area contributed by atoms with Crippen molar-refractivity contribution < 1.29 is 14.3 Å². The number of rotatable bonds is 5. The molecular formula is C28H31ClFN7O2. The molecule has 11 heteroatoms. The molecule has 3 saturated heterocycles. The van der Waals surface area contributed by atoms with Crippen LogP contribution in [-0.4, -0.2) is 95.2 Å². The molecule has 6 rings (SSSR count). The maximum atomic E-state index is 14.7. The first-order valence-corrected chi connectivity index (χ1v) is 13.5. The number of aromatic nitrogens is 3. The van der Waals surface area contributed by atoms with E-state index in [4.69, 9.17) is 21.6 Å². The molecule has 0 bridgehead atoms. The lowest BCUT2D eigenvalue weighted by atomic mass is 9.72. The Kier molecular flexibility index (Phi) is 6.34. The zero-order valence-electron chi connectivity index (χ0n) is 22.1. The summed E-state index contributed by atoms with van der Waals surface area (Å²) in [5.41, 5.74) is 0.621. The quantitative estimate of drug-likeness (QED) is 0.482. The highest BCUT2D eigenvalue weighted by molar-refractivity contribution is 6.34. The number of likely N-dealkylation sites (N-methyl/N-ethyl adjacent to an activating group) is 1. The van der Waals surface area contributed by atoms with Gasteiger partial charge in [-0.1, -0.05) is 24.2 Å². The van der Waals surface area contributed by atoms with E-state index in [-0.39, 0.29) is 33.4 Å². The zero-order chi connectivity index (χ0) is 27.5. The number of hydrogen-bond donors (Lipinski definition) is 1. The Bertz CT molecular complexity index is 1440. The van der Waals surface area contributed by atoms with Crippen LogP contribution >= 0.6 is 11.6 Å². The van der Waals surface area contributed by atoms with E-state index in [1.807, 2.05) is 4.90 Å². The number of benzene rings is 1. The van der Waals surface area contributed by atoms with Crippen molar-refractivity contribution in [1.29, 1.82) is 0 Å². The molecule has 0 radical (unpaired) electrons. The predicted molar refractivity (Wildman–Crippen MR) is 150 cm³/mol. The van der Waals surface area contributed by atoms with Gasteiger partial charge in [-0.15, -0.1) is 0 Å². The van der Waals surface area contributed by atoms with Crippen LogP contribution in [0.25, 0.3) is 22.3 Å². The van der Waals surface area contributed by atoms with Crippen LogP contribution in [0.4, 0.5) is 16.2 Å². The number of likely N-dealkylation sites (tertiary alicyclic amines) is 1. The molecule has 3 fully saturated rings. The average Bonchev–Trinajstić information content (AvgIpc) is 2.86. The van der Waals surface area contributed by atoms with E-state index in [2.05, 4.69) is 40.4 Å². The number of piperidine rings is 1. The van der Waals surface area contributed by atoms with Crippen molar-refractivity contribution in [3.05, 3.63) is 47.8 Å². The first-order chi connectivity index (χ1) is 18.7.